The van der Waals surface area contributed by atoms with E-state index in [2.05, 4.69) is 19.5 Å². The third-order valence-corrected chi connectivity index (χ3v) is 1.75. The van der Waals surface area contributed by atoms with Crippen LogP contribution in [0.5, 0.6) is 0 Å². The highest BCUT2D eigenvalue weighted by molar-refractivity contribution is 6.36. The third kappa shape index (κ3) is 8.50. The standard InChI is InChI=1S/C11H15NO7/c1-17-6-5-12-11(16)8(13)7-19-10(15)4-3-9(14)18-2/h3-4H,5-7H2,1-2H3,(H,12,16)/b4-3+. The van der Waals surface area contributed by atoms with Gasteiger partial charge in [0.25, 0.3) is 11.7 Å². The summed E-state index contributed by atoms with van der Waals surface area (Å²) in [6.45, 7) is -0.263. The molecule has 0 aliphatic carbocycles. The van der Waals surface area contributed by atoms with E-state index in [0.717, 1.165) is 19.3 Å². The predicted octanol–water partition coefficient (Wildman–Crippen LogP) is -1.41. The average molecular weight is 273 g/mol. The van der Waals surface area contributed by atoms with Crippen molar-refractivity contribution in [2.24, 2.45) is 0 Å². The first kappa shape index (κ1) is 16.8. The lowest BCUT2D eigenvalue weighted by Gasteiger charge is -2.03. The van der Waals surface area contributed by atoms with Crippen molar-refractivity contribution in [3.8, 4) is 0 Å². The molecule has 0 unspecified atom stereocenters. The summed E-state index contributed by atoms with van der Waals surface area (Å²) < 4.78 is 13.4. The minimum absolute atomic E-state index is 0.178. The van der Waals surface area contributed by atoms with Crippen LogP contribution in [0.4, 0.5) is 0 Å². The molecule has 19 heavy (non-hydrogen) atoms. The van der Waals surface area contributed by atoms with E-state index >= 15 is 0 Å². The van der Waals surface area contributed by atoms with Crippen LogP contribution in [0, 0.1) is 0 Å². The fourth-order valence-corrected chi connectivity index (χ4v) is 0.820. The van der Waals surface area contributed by atoms with E-state index in [1.807, 2.05) is 0 Å². The fourth-order valence-electron chi connectivity index (χ4n) is 0.820. The summed E-state index contributed by atoms with van der Waals surface area (Å²) in [5.41, 5.74) is 0. The molecule has 8 nitrogen and oxygen atoms in total. The van der Waals surface area contributed by atoms with Crippen LogP contribution in [-0.4, -0.2) is 57.6 Å². The smallest absolute Gasteiger partial charge is 0.331 e. The van der Waals surface area contributed by atoms with Gasteiger partial charge in [0.05, 0.1) is 13.7 Å². The zero-order valence-electron chi connectivity index (χ0n) is 10.6. The van der Waals surface area contributed by atoms with Crippen molar-refractivity contribution in [3.63, 3.8) is 0 Å². The van der Waals surface area contributed by atoms with Gasteiger partial charge < -0.3 is 19.5 Å². The summed E-state index contributed by atoms with van der Waals surface area (Å²) in [5.74, 6) is -3.44. The zero-order valence-corrected chi connectivity index (χ0v) is 10.6. The second kappa shape index (κ2) is 9.77. The van der Waals surface area contributed by atoms with Gasteiger partial charge in [-0.05, 0) is 0 Å². The van der Waals surface area contributed by atoms with Gasteiger partial charge in [-0.1, -0.05) is 0 Å². The minimum atomic E-state index is -0.927. The van der Waals surface area contributed by atoms with Crippen molar-refractivity contribution >= 4 is 23.6 Å². The van der Waals surface area contributed by atoms with Crippen LogP contribution in [0.2, 0.25) is 0 Å². The molecule has 0 fully saturated rings. The number of nitrogens with one attached hydrogen (secondary N) is 1. The van der Waals surface area contributed by atoms with Gasteiger partial charge in [-0.2, -0.15) is 0 Å². The molecule has 0 radical (unpaired) electrons. The molecule has 1 N–H and O–H groups in total. The molecule has 0 bridgehead atoms. The quantitative estimate of drug-likeness (QED) is 0.250. The molecule has 0 atom stereocenters. The number of esters is 2. The Balaban J connectivity index is 3.95. The molecule has 0 spiro atoms. The van der Waals surface area contributed by atoms with Crippen LogP contribution in [-0.2, 0) is 33.4 Å². The van der Waals surface area contributed by atoms with Gasteiger partial charge in [0.15, 0.2) is 6.61 Å². The summed E-state index contributed by atoms with van der Waals surface area (Å²) in [5, 5.41) is 2.27. The molecule has 1 amide bonds. The molecular weight excluding hydrogens is 258 g/mol. The van der Waals surface area contributed by atoms with Crippen molar-refractivity contribution in [3.05, 3.63) is 12.2 Å². The van der Waals surface area contributed by atoms with Gasteiger partial charge in [0.2, 0.25) is 0 Å². The second-order valence-corrected chi connectivity index (χ2v) is 3.14. The molecular formula is C11H15NO7. The topological polar surface area (TPSA) is 108 Å². The predicted molar refractivity (Wildman–Crippen MR) is 62.0 cm³/mol. The molecule has 0 saturated heterocycles. The van der Waals surface area contributed by atoms with Crippen molar-refractivity contribution in [2.75, 3.05) is 34.0 Å². The van der Waals surface area contributed by atoms with Crippen LogP contribution < -0.4 is 5.32 Å². The summed E-state index contributed by atoms with van der Waals surface area (Å²) in [6.07, 6.45) is 1.63. The number of Topliss-reactive ketones (excluding diaryl/α,β-unsaturated/α-hetero) is 1. The van der Waals surface area contributed by atoms with Gasteiger partial charge in [0.1, 0.15) is 0 Å². The monoisotopic (exact) mass is 273 g/mol. The van der Waals surface area contributed by atoms with E-state index in [4.69, 9.17) is 0 Å². The maximum Gasteiger partial charge on any atom is 0.331 e. The van der Waals surface area contributed by atoms with E-state index < -0.39 is 30.2 Å². The SMILES string of the molecule is COCCNC(=O)C(=O)COC(=O)/C=C/C(=O)OC. The van der Waals surface area contributed by atoms with Crippen LogP contribution in [0.15, 0.2) is 12.2 Å². The van der Waals surface area contributed by atoms with Crippen LogP contribution >= 0.6 is 0 Å². The lowest BCUT2D eigenvalue weighted by molar-refractivity contribution is -0.147. The first-order valence-corrected chi connectivity index (χ1v) is 5.24. The Morgan fingerprint density at radius 1 is 1.05 bits per heavy atom. The summed E-state index contributed by atoms with van der Waals surface area (Å²) in [7, 11) is 2.59. The first-order valence-electron chi connectivity index (χ1n) is 5.24. The Morgan fingerprint density at radius 3 is 2.26 bits per heavy atom. The number of carbonyl (C=O) groups excluding carboxylic acids is 4. The number of ketones is 1. The molecule has 0 aliphatic heterocycles. The van der Waals surface area contributed by atoms with Gasteiger partial charge in [-0.25, -0.2) is 9.59 Å². The summed E-state index contributed by atoms with van der Waals surface area (Å²) in [6, 6.07) is 0. The molecule has 0 aliphatic rings. The van der Waals surface area contributed by atoms with E-state index in [1.54, 1.807) is 0 Å². The van der Waals surface area contributed by atoms with E-state index in [-0.39, 0.29) is 13.2 Å². The average Bonchev–Trinajstić information content (AvgIpc) is 2.41. The number of rotatable bonds is 8. The Bertz CT molecular complexity index is 375. The largest absolute Gasteiger partial charge is 0.466 e. The lowest BCUT2D eigenvalue weighted by atomic mass is 10.4. The van der Waals surface area contributed by atoms with Gasteiger partial charge >= 0.3 is 11.9 Å². The van der Waals surface area contributed by atoms with E-state index in [0.29, 0.717) is 0 Å². The Morgan fingerprint density at radius 2 is 1.68 bits per heavy atom. The van der Waals surface area contributed by atoms with Gasteiger partial charge in [-0.15, -0.1) is 0 Å². The molecule has 8 heteroatoms. The van der Waals surface area contributed by atoms with Crippen LogP contribution in [0.25, 0.3) is 0 Å². The van der Waals surface area contributed by atoms with E-state index in [9.17, 15) is 19.2 Å². The van der Waals surface area contributed by atoms with Gasteiger partial charge in [0, 0.05) is 25.8 Å². The third-order valence-electron chi connectivity index (χ3n) is 1.75. The highest BCUT2D eigenvalue weighted by Gasteiger charge is 2.14. The van der Waals surface area contributed by atoms with Crippen molar-refractivity contribution < 1.29 is 33.4 Å². The van der Waals surface area contributed by atoms with Crippen molar-refractivity contribution in [1.29, 1.82) is 0 Å². The fraction of sp³-hybridized carbons (Fsp3) is 0.455. The number of amides is 1. The molecule has 0 heterocycles. The van der Waals surface area contributed by atoms with Crippen molar-refractivity contribution in [1.82, 2.24) is 5.32 Å². The maximum absolute atomic E-state index is 11.2. The Kier molecular flexibility index (Phi) is 8.63. The Labute approximate surface area is 109 Å². The van der Waals surface area contributed by atoms with E-state index in [1.165, 1.54) is 7.11 Å². The summed E-state index contributed by atoms with van der Waals surface area (Å²) >= 11 is 0. The molecule has 0 aromatic rings. The number of hydrogen-bond donors (Lipinski definition) is 1. The molecule has 0 rings (SSSR count). The second-order valence-electron chi connectivity index (χ2n) is 3.14. The highest BCUT2D eigenvalue weighted by Crippen LogP contribution is 1.86. The number of carbonyl (C=O) groups is 4. The molecule has 0 aromatic carbocycles. The maximum atomic E-state index is 11.2. The molecule has 106 valence electrons. The molecule has 0 aromatic heterocycles. The molecule has 0 saturated carbocycles. The van der Waals surface area contributed by atoms with Crippen LogP contribution in [0.1, 0.15) is 0 Å². The first-order chi connectivity index (χ1) is 9.01. The Hall–Kier alpha value is -2.22. The highest BCUT2D eigenvalue weighted by atomic mass is 16.5. The van der Waals surface area contributed by atoms with Crippen LogP contribution in [0.3, 0.4) is 0 Å². The number of ether oxygens (including phenoxy) is 3. The zero-order chi connectivity index (χ0) is 14.7. The number of hydrogen-bond acceptors (Lipinski definition) is 7. The normalized spacial score (nSPS) is 10.0. The van der Waals surface area contributed by atoms with Crippen molar-refractivity contribution in [2.45, 2.75) is 0 Å². The lowest BCUT2D eigenvalue weighted by Crippen LogP contribution is -2.35. The van der Waals surface area contributed by atoms with Gasteiger partial charge in [-0.3, -0.25) is 9.59 Å². The summed E-state index contributed by atoms with van der Waals surface area (Å²) in [4.78, 5) is 44.0. The number of methoxy groups -OCH3 is 2. The minimum Gasteiger partial charge on any atom is -0.466 e.